The maximum Gasteiger partial charge on any atom is 0.226 e. The van der Waals surface area contributed by atoms with Gasteiger partial charge < -0.3 is 15.4 Å². The Kier molecular flexibility index (Phi) is 6.80. The Labute approximate surface area is 190 Å². The standard InChI is InChI=1S/C22H24ClN5O2S/c1-3-30-18-6-4-5-17-13(2)24-21(27-20(17)18)28-22-25-15(11-19(29)26-22)12-31-16-9-7-14(23)8-10-16/h4-10,15,22,25H,3,11-12H2,1-2H3,(H,26,29)(H,24,27,28). The lowest BCUT2D eigenvalue weighted by molar-refractivity contribution is -0.123. The average Bonchev–Trinajstić information content (AvgIpc) is 2.74. The van der Waals surface area contributed by atoms with Crippen molar-refractivity contribution in [2.24, 2.45) is 0 Å². The van der Waals surface area contributed by atoms with Crippen LogP contribution in [0.25, 0.3) is 10.9 Å². The van der Waals surface area contributed by atoms with Gasteiger partial charge in [-0.15, -0.1) is 11.8 Å². The predicted molar refractivity (Wildman–Crippen MR) is 125 cm³/mol. The molecule has 1 aliphatic rings. The summed E-state index contributed by atoms with van der Waals surface area (Å²) in [5.74, 6) is 1.87. The SMILES string of the molecule is CCOc1cccc2c(C)nc(NC3NC(=O)CC(CSc4ccc(Cl)cc4)N3)nc12. The molecule has 7 nitrogen and oxygen atoms in total. The summed E-state index contributed by atoms with van der Waals surface area (Å²) in [5.41, 5.74) is 1.59. The molecule has 3 N–H and O–H groups in total. The minimum absolute atomic E-state index is 0.00691. The van der Waals surface area contributed by atoms with Gasteiger partial charge in [0.15, 0.2) is 6.29 Å². The summed E-state index contributed by atoms with van der Waals surface area (Å²) in [6.45, 7) is 4.43. The molecule has 1 amide bonds. The molecule has 0 bridgehead atoms. The van der Waals surface area contributed by atoms with Gasteiger partial charge in [0, 0.05) is 33.5 Å². The van der Waals surface area contributed by atoms with Gasteiger partial charge in [-0.1, -0.05) is 23.7 Å². The molecule has 31 heavy (non-hydrogen) atoms. The molecule has 1 fully saturated rings. The van der Waals surface area contributed by atoms with Crippen molar-refractivity contribution in [3.8, 4) is 5.75 Å². The number of thioether (sulfide) groups is 1. The van der Waals surface area contributed by atoms with E-state index in [1.807, 2.05) is 56.3 Å². The molecule has 0 radical (unpaired) electrons. The number of rotatable bonds is 7. The van der Waals surface area contributed by atoms with Gasteiger partial charge in [-0.25, -0.2) is 9.97 Å². The first-order chi connectivity index (χ1) is 15.0. The molecule has 0 saturated carbocycles. The van der Waals surface area contributed by atoms with Crippen LogP contribution in [0.3, 0.4) is 0 Å². The summed E-state index contributed by atoms with van der Waals surface area (Å²) in [5, 5.41) is 11.2. The molecule has 3 aromatic rings. The smallest absolute Gasteiger partial charge is 0.226 e. The zero-order valence-corrected chi connectivity index (χ0v) is 18.9. The van der Waals surface area contributed by atoms with E-state index in [-0.39, 0.29) is 11.9 Å². The maximum absolute atomic E-state index is 12.3. The molecule has 1 aromatic heterocycles. The van der Waals surface area contributed by atoms with Crippen molar-refractivity contribution in [1.82, 2.24) is 20.6 Å². The fourth-order valence-electron chi connectivity index (χ4n) is 3.44. The molecular weight excluding hydrogens is 434 g/mol. The number of aromatic nitrogens is 2. The van der Waals surface area contributed by atoms with Crippen LogP contribution in [-0.4, -0.2) is 40.6 Å². The number of benzene rings is 2. The van der Waals surface area contributed by atoms with Crippen LogP contribution in [0, 0.1) is 6.92 Å². The number of nitrogens with zero attached hydrogens (tertiary/aromatic N) is 2. The van der Waals surface area contributed by atoms with Gasteiger partial charge >= 0.3 is 0 Å². The number of halogens is 1. The fourth-order valence-corrected chi connectivity index (χ4v) is 4.50. The molecule has 0 spiro atoms. The number of hydrogen-bond donors (Lipinski definition) is 3. The quantitative estimate of drug-likeness (QED) is 0.463. The van der Waals surface area contributed by atoms with Crippen molar-refractivity contribution in [2.45, 2.75) is 37.5 Å². The number of hydrogen-bond acceptors (Lipinski definition) is 7. The highest BCUT2D eigenvalue weighted by Gasteiger charge is 2.26. The normalized spacial score (nSPS) is 18.6. The predicted octanol–water partition coefficient (Wildman–Crippen LogP) is 3.96. The zero-order chi connectivity index (χ0) is 21.8. The summed E-state index contributed by atoms with van der Waals surface area (Å²) < 4.78 is 5.72. The lowest BCUT2D eigenvalue weighted by atomic mass is 10.2. The monoisotopic (exact) mass is 457 g/mol. The third-order valence-electron chi connectivity index (χ3n) is 4.86. The van der Waals surface area contributed by atoms with Crippen LogP contribution in [0.15, 0.2) is 47.4 Å². The van der Waals surface area contributed by atoms with Gasteiger partial charge in [0.2, 0.25) is 11.9 Å². The molecule has 1 saturated heterocycles. The van der Waals surface area contributed by atoms with E-state index in [2.05, 4.69) is 25.9 Å². The molecule has 162 valence electrons. The van der Waals surface area contributed by atoms with Crippen LogP contribution >= 0.6 is 23.4 Å². The van der Waals surface area contributed by atoms with Crippen LogP contribution in [0.2, 0.25) is 5.02 Å². The number of fused-ring (bicyclic) bond motifs is 1. The van der Waals surface area contributed by atoms with Gasteiger partial charge in [-0.3, -0.25) is 10.1 Å². The first-order valence-corrected chi connectivity index (χ1v) is 11.5. The first kappa shape index (κ1) is 21.7. The van der Waals surface area contributed by atoms with E-state index in [1.54, 1.807) is 11.8 Å². The van der Waals surface area contributed by atoms with Crippen LogP contribution in [0.5, 0.6) is 5.75 Å². The van der Waals surface area contributed by atoms with E-state index in [0.29, 0.717) is 29.7 Å². The molecular formula is C22H24ClN5O2S. The van der Waals surface area contributed by atoms with E-state index in [4.69, 9.17) is 16.3 Å². The Morgan fingerprint density at radius 3 is 2.81 bits per heavy atom. The Balaban J connectivity index is 1.46. The third kappa shape index (κ3) is 5.39. The summed E-state index contributed by atoms with van der Waals surface area (Å²) >= 11 is 7.63. The number of para-hydroxylation sites is 1. The Morgan fingerprint density at radius 2 is 2.03 bits per heavy atom. The molecule has 2 heterocycles. The van der Waals surface area contributed by atoms with Gasteiger partial charge in [-0.05, 0) is 44.2 Å². The second-order valence-corrected chi connectivity index (χ2v) is 8.73. The maximum atomic E-state index is 12.3. The zero-order valence-electron chi connectivity index (χ0n) is 17.3. The van der Waals surface area contributed by atoms with Crippen LogP contribution in [0.1, 0.15) is 19.0 Å². The average molecular weight is 458 g/mol. The van der Waals surface area contributed by atoms with E-state index in [0.717, 1.165) is 27.2 Å². The highest BCUT2D eigenvalue weighted by atomic mass is 35.5. The van der Waals surface area contributed by atoms with Crippen molar-refractivity contribution >= 4 is 46.1 Å². The fraction of sp³-hybridized carbons (Fsp3) is 0.318. The molecule has 9 heteroatoms. The summed E-state index contributed by atoms with van der Waals surface area (Å²) in [7, 11) is 0. The lowest BCUT2D eigenvalue weighted by Crippen LogP contribution is -2.60. The number of carbonyl (C=O) groups excluding carboxylic acids is 1. The highest BCUT2D eigenvalue weighted by molar-refractivity contribution is 7.99. The van der Waals surface area contributed by atoms with Crippen LogP contribution in [0.4, 0.5) is 5.95 Å². The Hall–Kier alpha value is -2.55. The van der Waals surface area contributed by atoms with Gasteiger partial charge in [0.05, 0.1) is 12.3 Å². The van der Waals surface area contributed by atoms with E-state index in [9.17, 15) is 4.79 Å². The number of aryl methyl sites for hydroxylation is 1. The van der Waals surface area contributed by atoms with Crippen molar-refractivity contribution < 1.29 is 9.53 Å². The summed E-state index contributed by atoms with van der Waals surface area (Å²) in [6, 6.07) is 13.5. The molecule has 2 atom stereocenters. The number of ether oxygens (including phenoxy) is 1. The molecule has 2 unspecified atom stereocenters. The van der Waals surface area contributed by atoms with E-state index >= 15 is 0 Å². The van der Waals surface area contributed by atoms with Gasteiger partial charge in [0.25, 0.3) is 0 Å². The summed E-state index contributed by atoms with van der Waals surface area (Å²) in [4.78, 5) is 22.6. The molecule has 2 aromatic carbocycles. The highest BCUT2D eigenvalue weighted by Crippen LogP contribution is 2.27. The molecule has 0 aliphatic carbocycles. The van der Waals surface area contributed by atoms with Crippen LogP contribution in [-0.2, 0) is 4.79 Å². The molecule has 4 rings (SSSR count). The van der Waals surface area contributed by atoms with Gasteiger partial charge in [-0.2, -0.15) is 0 Å². The van der Waals surface area contributed by atoms with Crippen molar-refractivity contribution in [2.75, 3.05) is 17.7 Å². The van der Waals surface area contributed by atoms with Crippen molar-refractivity contribution in [3.05, 3.63) is 53.2 Å². The van der Waals surface area contributed by atoms with Crippen molar-refractivity contribution in [1.29, 1.82) is 0 Å². The van der Waals surface area contributed by atoms with Crippen molar-refractivity contribution in [3.63, 3.8) is 0 Å². The number of amides is 1. The topological polar surface area (TPSA) is 88.2 Å². The second kappa shape index (κ2) is 9.72. The first-order valence-electron chi connectivity index (χ1n) is 10.1. The minimum atomic E-state index is -0.465. The van der Waals surface area contributed by atoms with Crippen LogP contribution < -0.4 is 20.7 Å². The number of anilines is 1. The second-order valence-electron chi connectivity index (χ2n) is 7.20. The number of carbonyl (C=O) groups is 1. The lowest BCUT2D eigenvalue weighted by Gasteiger charge is -2.32. The largest absolute Gasteiger partial charge is 0.492 e. The number of nitrogens with one attached hydrogen (secondary N) is 3. The Bertz CT molecular complexity index is 1080. The summed E-state index contributed by atoms with van der Waals surface area (Å²) in [6.07, 6.45) is -0.0571. The minimum Gasteiger partial charge on any atom is -0.492 e. The van der Waals surface area contributed by atoms with Gasteiger partial charge in [0.1, 0.15) is 11.3 Å². The van der Waals surface area contributed by atoms with E-state index in [1.165, 1.54) is 0 Å². The van der Waals surface area contributed by atoms with E-state index < -0.39 is 6.29 Å². The third-order valence-corrected chi connectivity index (χ3v) is 6.28. The molecule has 1 aliphatic heterocycles. The Morgan fingerprint density at radius 1 is 1.23 bits per heavy atom.